The van der Waals surface area contributed by atoms with Crippen molar-refractivity contribution in [1.29, 1.82) is 5.26 Å². The maximum absolute atomic E-state index is 10.1. The SMILES string of the molecule is N#C/C(=C1/SC=C(c2ccccc2)N1c1ccccc1)c1nc2ccccc2[nH]1. The zero-order valence-corrected chi connectivity index (χ0v) is 16.2. The molecule has 1 aromatic heterocycles. The smallest absolute Gasteiger partial charge is 0.151 e. The standard InChI is InChI=1S/C24H16N4S/c25-15-19(23-26-20-13-7-8-14-21(20)27-23)24-28(18-11-5-2-6-12-18)22(16-29-24)17-9-3-1-4-10-17/h1-14,16H,(H,26,27)/b24-19-. The number of anilines is 1. The molecular weight excluding hydrogens is 376 g/mol. The summed E-state index contributed by atoms with van der Waals surface area (Å²) in [6.07, 6.45) is 0. The van der Waals surface area contributed by atoms with Crippen molar-refractivity contribution in [3.8, 4) is 6.07 Å². The van der Waals surface area contributed by atoms with Gasteiger partial charge in [-0.05, 0) is 29.8 Å². The van der Waals surface area contributed by atoms with Crippen molar-refractivity contribution in [2.75, 3.05) is 4.90 Å². The van der Waals surface area contributed by atoms with Crippen LogP contribution in [0.2, 0.25) is 0 Å². The summed E-state index contributed by atoms with van der Waals surface area (Å²) in [5, 5.41) is 13.0. The lowest BCUT2D eigenvalue weighted by atomic mass is 10.1. The van der Waals surface area contributed by atoms with Crippen LogP contribution in [0.1, 0.15) is 11.4 Å². The van der Waals surface area contributed by atoms with Gasteiger partial charge < -0.3 is 9.88 Å². The van der Waals surface area contributed by atoms with Gasteiger partial charge in [0.15, 0.2) is 5.82 Å². The highest BCUT2D eigenvalue weighted by atomic mass is 32.2. The molecule has 29 heavy (non-hydrogen) atoms. The minimum atomic E-state index is 0.525. The number of nitrogens with one attached hydrogen (secondary N) is 1. The van der Waals surface area contributed by atoms with Gasteiger partial charge in [0, 0.05) is 11.1 Å². The average molecular weight is 392 g/mol. The predicted octanol–water partition coefficient (Wildman–Crippen LogP) is 6.01. The zero-order chi connectivity index (χ0) is 19.6. The van der Waals surface area contributed by atoms with Crippen molar-refractivity contribution >= 4 is 39.8 Å². The number of rotatable bonds is 3. The molecule has 0 amide bonds. The van der Waals surface area contributed by atoms with Crippen LogP contribution < -0.4 is 4.90 Å². The van der Waals surface area contributed by atoms with Crippen LogP contribution in [0.3, 0.4) is 0 Å². The molecule has 0 radical (unpaired) electrons. The van der Waals surface area contributed by atoms with Crippen LogP contribution in [0.15, 0.2) is 95.4 Å². The van der Waals surface area contributed by atoms with Crippen molar-refractivity contribution in [1.82, 2.24) is 9.97 Å². The molecule has 5 rings (SSSR count). The maximum Gasteiger partial charge on any atom is 0.151 e. The first-order chi connectivity index (χ1) is 14.3. The highest BCUT2D eigenvalue weighted by molar-refractivity contribution is 8.06. The second-order valence-electron chi connectivity index (χ2n) is 6.55. The van der Waals surface area contributed by atoms with Crippen molar-refractivity contribution < 1.29 is 0 Å². The topological polar surface area (TPSA) is 55.7 Å². The number of para-hydroxylation sites is 3. The third-order valence-electron chi connectivity index (χ3n) is 4.76. The molecule has 0 atom stereocenters. The van der Waals surface area contributed by atoms with Crippen LogP contribution in [-0.2, 0) is 0 Å². The molecule has 0 bridgehead atoms. The zero-order valence-electron chi connectivity index (χ0n) is 15.4. The molecule has 3 aromatic carbocycles. The Kier molecular flexibility index (Phi) is 4.39. The normalized spacial score (nSPS) is 15.3. The number of nitriles is 1. The molecule has 4 aromatic rings. The predicted molar refractivity (Wildman–Crippen MR) is 120 cm³/mol. The van der Waals surface area contributed by atoms with E-state index in [4.69, 9.17) is 0 Å². The fraction of sp³-hybridized carbons (Fsp3) is 0. The number of aromatic nitrogens is 2. The van der Waals surface area contributed by atoms with Gasteiger partial charge in [-0.2, -0.15) is 5.26 Å². The molecular formula is C24H16N4S. The summed E-state index contributed by atoms with van der Waals surface area (Å²) in [5.41, 5.74) is 5.44. The fourth-order valence-electron chi connectivity index (χ4n) is 3.41. The van der Waals surface area contributed by atoms with Crippen LogP contribution in [-0.4, -0.2) is 9.97 Å². The summed E-state index contributed by atoms with van der Waals surface area (Å²) in [5.74, 6) is 0.583. The number of hydrogen-bond donors (Lipinski definition) is 1. The summed E-state index contributed by atoms with van der Waals surface area (Å²) < 4.78 is 0. The Hall–Kier alpha value is -3.75. The average Bonchev–Trinajstić information content (AvgIpc) is 3.40. The molecule has 5 heteroatoms. The Labute approximate surface area is 172 Å². The summed E-state index contributed by atoms with van der Waals surface area (Å²) in [6, 6.07) is 30.5. The minimum absolute atomic E-state index is 0.525. The number of thioether (sulfide) groups is 1. The van der Waals surface area contributed by atoms with Gasteiger partial charge in [-0.3, -0.25) is 0 Å². The summed E-state index contributed by atoms with van der Waals surface area (Å²) in [7, 11) is 0. The Balaban J connectivity index is 1.69. The number of fused-ring (bicyclic) bond motifs is 1. The molecule has 1 N–H and O–H groups in total. The molecule has 0 spiro atoms. The second kappa shape index (κ2) is 7.34. The first-order valence-electron chi connectivity index (χ1n) is 9.22. The van der Waals surface area contributed by atoms with Crippen LogP contribution >= 0.6 is 11.8 Å². The van der Waals surface area contributed by atoms with Crippen molar-refractivity contribution in [3.05, 3.63) is 107 Å². The highest BCUT2D eigenvalue weighted by Crippen LogP contribution is 2.45. The van der Waals surface area contributed by atoms with Crippen molar-refractivity contribution in [2.45, 2.75) is 0 Å². The van der Waals surface area contributed by atoms with Gasteiger partial charge in [0.05, 0.1) is 16.7 Å². The van der Waals surface area contributed by atoms with Crippen LogP contribution in [0.5, 0.6) is 0 Å². The lowest BCUT2D eigenvalue weighted by Crippen LogP contribution is -2.17. The van der Waals surface area contributed by atoms with E-state index in [0.717, 1.165) is 33.0 Å². The Morgan fingerprint density at radius 2 is 1.59 bits per heavy atom. The number of aromatic amines is 1. The molecule has 1 aliphatic heterocycles. The number of allylic oxidation sites excluding steroid dienone is 1. The largest absolute Gasteiger partial charge is 0.337 e. The minimum Gasteiger partial charge on any atom is -0.337 e. The highest BCUT2D eigenvalue weighted by Gasteiger charge is 2.28. The lowest BCUT2D eigenvalue weighted by Gasteiger charge is -2.24. The van der Waals surface area contributed by atoms with Crippen LogP contribution in [0.4, 0.5) is 5.69 Å². The quantitative estimate of drug-likeness (QED) is 0.434. The summed E-state index contributed by atoms with van der Waals surface area (Å²) in [6.45, 7) is 0. The third-order valence-corrected chi connectivity index (χ3v) is 5.71. The summed E-state index contributed by atoms with van der Waals surface area (Å²) >= 11 is 1.55. The first-order valence-corrected chi connectivity index (χ1v) is 10.1. The van der Waals surface area contributed by atoms with E-state index in [9.17, 15) is 5.26 Å². The first kappa shape index (κ1) is 17.4. The van der Waals surface area contributed by atoms with Gasteiger partial charge >= 0.3 is 0 Å². The van der Waals surface area contributed by atoms with Gasteiger partial charge in [-0.1, -0.05) is 72.4 Å². The van der Waals surface area contributed by atoms with E-state index >= 15 is 0 Å². The second-order valence-corrected chi connectivity index (χ2v) is 7.41. The molecule has 1 aliphatic rings. The van der Waals surface area contributed by atoms with E-state index < -0.39 is 0 Å². The number of H-pyrrole nitrogens is 1. The van der Waals surface area contributed by atoms with E-state index in [2.05, 4.69) is 50.6 Å². The van der Waals surface area contributed by atoms with E-state index in [1.807, 2.05) is 60.7 Å². The Bertz CT molecular complexity index is 1250. The number of imidazole rings is 1. The molecule has 0 saturated carbocycles. The number of hydrogen-bond acceptors (Lipinski definition) is 4. The Morgan fingerprint density at radius 1 is 0.897 bits per heavy atom. The molecule has 0 fully saturated rings. The van der Waals surface area contributed by atoms with E-state index in [1.165, 1.54) is 0 Å². The molecule has 138 valence electrons. The molecule has 0 unspecified atom stereocenters. The van der Waals surface area contributed by atoms with E-state index in [1.54, 1.807) is 11.8 Å². The molecule has 0 saturated heterocycles. The van der Waals surface area contributed by atoms with E-state index in [-0.39, 0.29) is 0 Å². The summed E-state index contributed by atoms with van der Waals surface area (Å²) in [4.78, 5) is 10.1. The Morgan fingerprint density at radius 3 is 2.31 bits per heavy atom. The fourth-order valence-corrected chi connectivity index (χ4v) is 4.44. The maximum atomic E-state index is 10.1. The lowest BCUT2D eigenvalue weighted by molar-refractivity contribution is 1.23. The van der Waals surface area contributed by atoms with Crippen LogP contribution in [0.25, 0.3) is 22.3 Å². The van der Waals surface area contributed by atoms with Gasteiger partial charge in [0.25, 0.3) is 0 Å². The monoisotopic (exact) mass is 392 g/mol. The van der Waals surface area contributed by atoms with Gasteiger partial charge in [-0.25, -0.2) is 4.98 Å². The van der Waals surface area contributed by atoms with Gasteiger partial charge in [0.2, 0.25) is 0 Å². The number of nitrogens with zero attached hydrogens (tertiary/aromatic N) is 3. The van der Waals surface area contributed by atoms with E-state index in [0.29, 0.717) is 11.4 Å². The van der Waals surface area contributed by atoms with Crippen molar-refractivity contribution in [3.63, 3.8) is 0 Å². The third kappa shape index (κ3) is 3.10. The van der Waals surface area contributed by atoms with Gasteiger partial charge in [0.1, 0.15) is 16.7 Å². The molecule has 2 heterocycles. The van der Waals surface area contributed by atoms with Crippen LogP contribution in [0, 0.1) is 11.3 Å². The number of benzene rings is 3. The van der Waals surface area contributed by atoms with Crippen molar-refractivity contribution in [2.24, 2.45) is 0 Å². The molecule has 0 aliphatic carbocycles. The molecule has 4 nitrogen and oxygen atoms in total. The van der Waals surface area contributed by atoms with Gasteiger partial charge in [-0.15, -0.1) is 0 Å².